The lowest BCUT2D eigenvalue weighted by atomic mass is 9.76. The first-order chi connectivity index (χ1) is 16.5. The fourth-order valence-corrected chi connectivity index (χ4v) is 5.20. The maximum Gasteiger partial charge on any atom is 0.223 e. The highest BCUT2D eigenvalue weighted by atomic mass is 16.5. The normalized spacial score (nSPS) is 16.8. The maximum absolute atomic E-state index is 13.0. The number of benzene rings is 2. The van der Waals surface area contributed by atoms with Gasteiger partial charge in [0.25, 0.3) is 0 Å². The largest absolute Gasteiger partial charge is 0.493 e. The number of ether oxygens (including phenoxy) is 4. The van der Waals surface area contributed by atoms with E-state index in [4.69, 9.17) is 18.9 Å². The zero-order valence-electron chi connectivity index (χ0n) is 21.0. The average molecular weight is 469 g/mol. The second-order valence-electron chi connectivity index (χ2n) is 9.14. The summed E-state index contributed by atoms with van der Waals surface area (Å²) in [4.78, 5) is 17.3. The fraction of sp³-hybridized carbons (Fsp3) is 0.519. The van der Waals surface area contributed by atoms with Crippen LogP contribution in [-0.2, 0) is 24.1 Å². The van der Waals surface area contributed by atoms with Gasteiger partial charge in [0.05, 0.1) is 28.4 Å². The van der Waals surface area contributed by atoms with E-state index in [-0.39, 0.29) is 5.91 Å². The van der Waals surface area contributed by atoms with Crippen molar-refractivity contribution in [2.75, 3.05) is 61.7 Å². The Morgan fingerprint density at radius 3 is 2.12 bits per heavy atom. The lowest BCUT2D eigenvalue weighted by Crippen LogP contribution is -2.37. The number of carbonyl (C=O) groups excluding carboxylic acids is 1. The van der Waals surface area contributed by atoms with E-state index < -0.39 is 0 Å². The van der Waals surface area contributed by atoms with Gasteiger partial charge in [-0.1, -0.05) is 6.07 Å². The Morgan fingerprint density at radius 2 is 1.56 bits per heavy atom. The lowest BCUT2D eigenvalue weighted by Gasteiger charge is -2.35. The molecule has 0 N–H and O–H groups in total. The molecule has 0 bridgehead atoms. The van der Waals surface area contributed by atoms with Gasteiger partial charge in [-0.2, -0.15) is 0 Å². The minimum Gasteiger partial charge on any atom is -0.493 e. The maximum atomic E-state index is 13.0. The molecule has 1 aliphatic carbocycles. The molecule has 2 aromatic rings. The van der Waals surface area contributed by atoms with E-state index in [9.17, 15) is 4.79 Å². The lowest BCUT2D eigenvalue weighted by molar-refractivity contribution is -0.131. The first kappa shape index (κ1) is 24.2. The van der Waals surface area contributed by atoms with Crippen molar-refractivity contribution in [2.24, 2.45) is 0 Å². The van der Waals surface area contributed by atoms with Crippen molar-refractivity contribution in [3.05, 3.63) is 46.5 Å². The second kappa shape index (κ2) is 10.6. The van der Waals surface area contributed by atoms with E-state index in [2.05, 4.69) is 30.1 Å². The number of hydrogen-bond donors (Lipinski definition) is 0. The summed E-state index contributed by atoms with van der Waals surface area (Å²) in [7, 11) is 8.77. The van der Waals surface area contributed by atoms with Crippen molar-refractivity contribution >= 4 is 5.91 Å². The number of likely N-dealkylation sites (N-methyl/N-ethyl adjacent to an activating group) is 1. The minimum atomic E-state index is 0.221. The zero-order valence-corrected chi connectivity index (χ0v) is 21.0. The summed E-state index contributed by atoms with van der Waals surface area (Å²) in [5.74, 6) is 3.82. The van der Waals surface area contributed by atoms with Gasteiger partial charge in [0.15, 0.2) is 23.0 Å². The van der Waals surface area contributed by atoms with Crippen molar-refractivity contribution < 1.29 is 23.7 Å². The van der Waals surface area contributed by atoms with Crippen LogP contribution in [0.25, 0.3) is 0 Å². The summed E-state index contributed by atoms with van der Waals surface area (Å²) < 4.78 is 21.9. The Balaban J connectivity index is 1.29. The van der Waals surface area contributed by atoms with Gasteiger partial charge in [-0.15, -0.1) is 0 Å². The van der Waals surface area contributed by atoms with Crippen molar-refractivity contribution in [2.45, 2.75) is 31.6 Å². The number of carbonyl (C=O) groups is 1. The smallest absolute Gasteiger partial charge is 0.223 e. The number of fused-ring (bicyclic) bond motifs is 2. The van der Waals surface area contributed by atoms with Crippen LogP contribution in [0, 0.1) is 0 Å². The van der Waals surface area contributed by atoms with Crippen LogP contribution in [0.15, 0.2) is 24.3 Å². The molecule has 184 valence electrons. The molecule has 2 aliphatic rings. The molecule has 0 spiro atoms. The summed E-state index contributed by atoms with van der Waals surface area (Å²) >= 11 is 0. The third-order valence-electron chi connectivity index (χ3n) is 7.18. The SMILES string of the molecule is COc1cc2c(cc1OC)CCN(C(=O)CCN(C)CC1Cc3c1ccc(OC)c3OC)CC2. The molecule has 1 atom stereocenters. The van der Waals surface area contributed by atoms with Gasteiger partial charge in [0, 0.05) is 44.1 Å². The van der Waals surface area contributed by atoms with E-state index in [1.54, 1.807) is 28.4 Å². The van der Waals surface area contributed by atoms with Crippen LogP contribution < -0.4 is 18.9 Å². The molecule has 0 fully saturated rings. The van der Waals surface area contributed by atoms with E-state index in [0.29, 0.717) is 12.3 Å². The predicted octanol–water partition coefficient (Wildman–Crippen LogP) is 3.31. The summed E-state index contributed by atoms with van der Waals surface area (Å²) in [6.07, 6.45) is 3.18. The molecule has 7 heteroatoms. The summed E-state index contributed by atoms with van der Waals surface area (Å²) in [5.41, 5.74) is 5.04. The number of rotatable bonds is 9. The van der Waals surface area contributed by atoms with Gasteiger partial charge >= 0.3 is 0 Å². The van der Waals surface area contributed by atoms with Gasteiger partial charge in [-0.05, 0) is 61.2 Å². The molecule has 2 aromatic carbocycles. The zero-order chi connectivity index (χ0) is 24.2. The van der Waals surface area contributed by atoms with Gasteiger partial charge < -0.3 is 28.7 Å². The molecule has 1 unspecified atom stereocenters. The minimum absolute atomic E-state index is 0.221. The van der Waals surface area contributed by atoms with E-state index in [1.807, 2.05) is 11.0 Å². The van der Waals surface area contributed by atoms with E-state index in [0.717, 1.165) is 68.4 Å². The Kier molecular flexibility index (Phi) is 7.51. The van der Waals surface area contributed by atoms with Crippen LogP contribution in [0.5, 0.6) is 23.0 Å². The Bertz CT molecular complexity index is 1000. The van der Waals surface area contributed by atoms with E-state index in [1.165, 1.54) is 22.3 Å². The van der Waals surface area contributed by atoms with Gasteiger partial charge in [-0.3, -0.25) is 4.79 Å². The topological polar surface area (TPSA) is 60.5 Å². The molecule has 0 saturated carbocycles. The predicted molar refractivity (Wildman–Crippen MR) is 132 cm³/mol. The fourth-order valence-electron chi connectivity index (χ4n) is 5.20. The third-order valence-corrected chi connectivity index (χ3v) is 7.18. The highest BCUT2D eigenvalue weighted by molar-refractivity contribution is 5.76. The van der Waals surface area contributed by atoms with Crippen LogP contribution >= 0.6 is 0 Å². The first-order valence-electron chi connectivity index (χ1n) is 11.9. The Labute approximate surface area is 202 Å². The first-order valence-corrected chi connectivity index (χ1v) is 11.9. The van der Waals surface area contributed by atoms with Gasteiger partial charge in [0.2, 0.25) is 5.91 Å². The van der Waals surface area contributed by atoms with Gasteiger partial charge in [-0.25, -0.2) is 0 Å². The van der Waals surface area contributed by atoms with Crippen molar-refractivity contribution in [3.8, 4) is 23.0 Å². The molecule has 34 heavy (non-hydrogen) atoms. The van der Waals surface area contributed by atoms with E-state index >= 15 is 0 Å². The molecule has 0 aromatic heterocycles. The molecule has 1 aliphatic heterocycles. The number of hydrogen-bond acceptors (Lipinski definition) is 6. The van der Waals surface area contributed by atoms with Crippen molar-refractivity contribution in [3.63, 3.8) is 0 Å². The Hall–Kier alpha value is -2.93. The Morgan fingerprint density at radius 1 is 0.941 bits per heavy atom. The quantitative estimate of drug-likeness (QED) is 0.563. The van der Waals surface area contributed by atoms with Crippen LogP contribution in [0.4, 0.5) is 0 Å². The second-order valence-corrected chi connectivity index (χ2v) is 9.14. The van der Waals surface area contributed by atoms with Crippen molar-refractivity contribution in [1.29, 1.82) is 0 Å². The molecule has 7 nitrogen and oxygen atoms in total. The molecular formula is C27H36N2O5. The molecule has 4 rings (SSSR count). The molecule has 0 radical (unpaired) electrons. The highest BCUT2D eigenvalue weighted by Crippen LogP contribution is 2.45. The number of methoxy groups -OCH3 is 4. The average Bonchev–Trinajstić information content (AvgIpc) is 3.06. The van der Waals surface area contributed by atoms with Crippen LogP contribution in [0.3, 0.4) is 0 Å². The molecule has 1 heterocycles. The van der Waals surface area contributed by atoms with Gasteiger partial charge in [0.1, 0.15) is 0 Å². The molecule has 1 amide bonds. The standard InChI is InChI=1S/C27H36N2O5/c1-28(17-20-14-22-21(20)6-7-23(31-2)27(22)34-5)11-10-26(30)29-12-8-18-15-24(32-3)25(33-4)16-19(18)9-13-29/h6-7,15-16,20H,8-14,17H2,1-5H3. The van der Waals surface area contributed by atoms with Crippen molar-refractivity contribution in [1.82, 2.24) is 9.80 Å². The monoisotopic (exact) mass is 468 g/mol. The third kappa shape index (κ3) is 4.80. The van der Waals surface area contributed by atoms with Crippen LogP contribution in [-0.4, -0.2) is 77.4 Å². The number of amides is 1. The summed E-state index contributed by atoms with van der Waals surface area (Å²) in [6, 6.07) is 8.23. The summed E-state index contributed by atoms with van der Waals surface area (Å²) in [6.45, 7) is 3.16. The summed E-state index contributed by atoms with van der Waals surface area (Å²) in [5, 5.41) is 0. The van der Waals surface area contributed by atoms with Crippen LogP contribution in [0.1, 0.15) is 34.6 Å². The highest BCUT2D eigenvalue weighted by Gasteiger charge is 2.32. The number of nitrogens with zero attached hydrogens (tertiary/aromatic N) is 2. The molecular weight excluding hydrogens is 432 g/mol. The van der Waals surface area contributed by atoms with Crippen LogP contribution in [0.2, 0.25) is 0 Å². The molecule has 0 saturated heterocycles.